The number of hydrogen-bond donors (Lipinski definition) is 1. The molecule has 0 aromatic rings. The lowest BCUT2D eigenvalue weighted by Gasteiger charge is -2.34. The minimum absolute atomic E-state index is 0.0263. The number of amides is 1. The van der Waals surface area contributed by atoms with Crippen molar-refractivity contribution in [1.29, 1.82) is 0 Å². The molecule has 4 nitrogen and oxygen atoms in total. The molecule has 1 N–H and O–H groups in total. The molecule has 1 saturated heterocycles. The van der Waals surface area contributed by atoms with E-state index in [2.05, 4.69) is 36.3 Å². The van der Waals surface area contributed by atoms with Gasteiger partial charge in [0.15, 0.2) is 5.17 Å². The van der Waals surface area contributed by atoms with Gasteiger partial charge in [-0.2, -0.15) is 5.10 Å². The summed E-state index contributed by atoms with van der Waals surface area (Å²) >= 11 is 1.43. The number of hydrogen-bond acceptors (Lipinski definition) is 4. The van der Waals surface area contributed by atoms with Gasteiger partial charge < -0.3 is 5.32 Å². The van der Waals surface area contributed by atoms with Crippen LogP contribution in [-0.4, -0.2) is 22.5 Å². The number of nitrogens with zero attached hydrogens (tertiary/aromatic N) is 2. The Balaban J connectivity index is 1.85. The van der Waals surface area contributed by atoms with E-state index >= 15 is 0 Å². The van der Waals surface area contributed by atoms with Crippen LogP contribution < -0.4 is 5.32 Å². The molecule has 0 spiro atoms. The molecule has 3 aliphatic rings. The van der Waals surface area contributed by atoms with Crippen LogP contribution in [0.1, 0.15) is 40.0 Å². The van der Waals surface area contributed by atoms with Crippen molar-refractivity contribution in [3.8, 4) is 0 Å². The molecule has 1 amide bonds. The number of rotatable bonds is 1. The molecule has 3 fully saturated rings. The average molecular weight is 265 g/mol. The Bertz CT molecular complexity index is 469. The lowest BCUT2D eigenvalue weighted by molar-refractivity contribution is -0.116. The van der Waals surface area contributed by atoms with Crippen molar-refractivity contribution < 1.29 is 4.79 Å². The van der Waals surface area contributed by atoms with Crippen LogP contribution in [0.3, 0.4) is 0 Å². The molecule has 0 aromatic carbocycles. The topological polar surface area (TPSA) is 53.8 Å². The summed E-state index contributed by atoms with van der Waals surface area (Å²) in [6.45, 7) is 7.03. The van der Waals surface area contributed by atoms with Crippen LogP contribution in [0.4, 0.5) is 0 Å². The van der Waals surface area contributed by atoms with Crippen molar-refractivity contribution in [3.63, 3.8) is 0 Å². The maximum atomic E-state index is 11.1. The van der Waals surface area contributed by atoms with Gasteiger partial charge in [0.05, 0.1) is 5.75 Å². The average Bonchev–Trinajstić information content (AvgIpc) is 2.87. The van der Waals surface area contributed by atoms with Crippen LogP contribution in [-0.2, 0) is 4.79 Å². The number of nitrogens with one attached hydrogen (secondary N) is 1. The summed E-state index contributed by atoms with van der Waals surface area (Å²) in [5.41, 5.74) is 1.74. The van der Waals surface area contributed by atoms with E-state index in [9.17, 15) is 4.79 Å². The third-order valence-electron chi connectivity index (χ3n) is 5.36. The van der Waals surface area contributed by atoms with Crippen molar-refractivity contribution in [3.05, 3.63) is 0 Å². The highest BCUT2D eigenvalue weighted by atomic mass is 32.2. The Morgan fingerprint density at radius 2 is 2.11 bits per heavy atom. The highest BCUT2D eigenvalue weighted by molar-refractivity contribution is 8.15. The lowest BCUT2D eigenvalue weighted by Crippen LogP contribution is -2.32. The zero-order valence-electron chi connectivity index (χ0n) is 11.1. The first-order chi connectivity index (χ1) is 8.43. The number of carbonyl (C=O) groups is 1. The second kappa shape index (κ2) is 3.83. The van der Waals surface area contributed by atoms with Crippen molar-refractivity contribution in [2.45, 2.75) is 40.0 Å². The summed E-state index contributed by atoms with van der Waals surface area (Å²) in [7, 11) is 0. The smallest absolute Gasteiger partial charge is 0.236 e. The molecule has 0 radical (unpaired) electrons. The Labute approximate surface area is 112 Å². The van der Waals surface area contributed by atoms with Crippen molar-refractivity contribution in [2.24, 2.45) is 27.0 Å². The molecule has 1 aliphatic heterocycles. The second-order valence-electron chi connectivity index (χ2n) is 6.28. The highest BCUT2D eigenvalue weighted by Gasteiger charge is 2.60. The van der Waals surface area contributed by atoms with Gasteiger partial charge in [-0.15, -0.1) is 5.10 Å². The largest absolute Gasteiger partial charge is 0.303 e. The third kappa shape index (κ3) is 1.56. The van der Waals surface area contributed by atoms with Gasteiger partial charge in [0.2, 0.25) is 5.91 Å². The predicted molar refractivity (Wildman–Crippen MR) is 74.7 cm³/mol. The number of fused-ring (bicyclic) bond motifs is 2. The van der Waals surface area contributed by atoms with Gasteiger partial charge in [-0.05, 0) is 30.6 Å². The van der Waals surface area contributed by atoms with Crippen molar-refractivity contribution >= 4 is 28.5 Å². The molecular weight excluding hydrogens is 246 g/mol. The van der Waals surface area contributed by atoms with E-state index in [1.807, 2.05) is 0 Å². The fraction of sp³-hybridized carbons (Fsp3) is 0.769. The molecular formula is C13H19N3OS. The molecule has 5 heteroatoms. The molecule has 98 valence electrons. The Kier molecular flexibility index (Phi) is 2.59. The summed E-state index contributed by atoms with van der Waals surface area (Å²) in [6.07, 6.45) is 3.59. The van der Waals surface area contributed by atoms with Gasteiger partial charge in [-0.1, -0.05) is 32.5 Å². The number of amidine groups is 1. The van der Waals surface area contributed by atoms with E-state index in [0.29, 0.717) is 16.3 Å². The van der Waals surface area contributed by atoms with Crippen LogP contribution in [0.25, 0.3) is 0 Å². The first-order valence-corrected chi connectivity index (χ1v) is 7.50. The van der Waals surface area contributed by atoms with Crippen LogP contribution in [0.5, 0.6) is 0 Å². The first-order valence-electron chi connectivity index (χ1n) is 6.51. The van der Waals surface area contributed by atoms with E-state index in [4.69, 9.17) is 0 Å². The van der Waals surface area contributed by atoms with Gasteiger partial charge in [-0.25, -0.2) is 0 Å². The van der Waals surface area contributed by atoms with Crippen LogP contribution in [0.2, 0.25) is 0 Å². The highest BCUT2D eigenvalue weighted by Crippen LogP contribution is 2.63. The zero-order chi connectivity index (χ0) is 13.0. The Morgan fingerprint density at radius 3 is 2.61 bits per heavy atom. The standard InChI is InChI=1S/C13H19N3OS/c1-12(2)8-4-5-13(12,3)9(6-8)15-16-11-14-10(17)7-18-11/h8H,4-7H2,1-3H3,(H,14,16,17)/b15-9-/t8-,13-/m1/s1. The van der Waals surface area contributed by atoms with Gasteiger partial charge >= 0.3 is 0 Å². The maximum Gasteiger partial charge on any atom is 0.236 e. The van der Waals surface area contributed by atoms with E-state index in [0.717, 1.165) is 12.3 Å². The van der Waals surface area contributed by atoms with Gasteiger partial charge in [-0.3, -0.25) is 4.79 Å². The number of thioether (sulfide) groups is 1. The number of carbonyl (C=O) groups excluding carboxylic acids is 1. The molecule has 2 atom stereocenters. The molecule has 2 aliphatic carbocycles. The zero-order valence-corrected chi connectivity index (χ0v) is 11.9. The second-order valence-corrected chi connectivity index (χ2v) is 7.25. The van der Waals surface area contributed by atoms with Gasteiger partial charge in [0, 0.05) is 11.1 Å². The Hall–Kier alpha value is -0.840. The van der Waals surface area contributed by atoms with Crippen LogP contribution in [0.15, 0.2) is 10.2 Å². The van der Waals surface area contributed by atoms with Crippen molar-refractivity contribution in [1.82, 2.24) is 5.32 Å². The quantitative estimate of drug-likeness (QED) is 0.740. The van der Waals surface area contributed by atoms with E-state index in [1.54, 1.807) is 0 Å². The third-order valence-corrected chi connectivity index (χ3v) is 6.22. The monoisotopic (exact) mass is 265 g/mol. The van der Waals surface area contributed by atoms with Gasteiger partial charge in [0.1, 0.15) is 0 Å². The molecule has 2 saturated carbocycles. The minimum Gasteiger partial charge on any atom is -0.303 e. The summed E-state index contributed by atoms with van der Waals surface area (Å²) in [5.74, 6) is 1.24. The molecule has 0 aromatic heterocycles. The summed E-state index contributed by atoms with van der Waals surface area (Å²) in [5, 5.41) is 12.1. The van der Waals surface area contributed by atoms with Crippen LogP contribution in [0, 0.1) is 16.7 Å². The molecule has 2 bridgehead atoms. The predicted octanol–water partition coefficient (Wildman–Crippen LogP) is 2.41. The lowest BCUT2D eigenvalue weighted by atomic mass is 9.70. The van der Waals surface area contributed by atoms with E-state index in [-0.39, 0.29) is 11.3 Å². The summed E-state index contributed by atoms with van der Waals surface area (Å²) in [4.78, 5) is 11.1. The molecule has 18 heavy (non-hydrogen) atoms. The Morgan fingerprint density at radius 1 is 1.33 bits per heavy atom. The fourth-order valence-electron chi connectivity index (χ4n) is 3.56. The SMILES string of the molecule is CC1(C)[C@@H]2CC[C@]1(C)/C(=N\N=C1\NC(=O)CS1)C2. The van der Waals surface area contributed by atoms with Crippen LogP contribution >= 0.6 is 11.8 Å². The van der Waals surface area contributed by atoms with Gasteiger partial charge in [0.25, 0.3) is 0 Å². The fourth-order valence-corrected chi connectivity index (χ4v) is 4.19. The summed E-state index contributed by atoms with van der Waals surface area (Å²) in [6, 6.07) is 0. The molecule has 0 unspecified atom stereocenters. The van der Waals surface area contributed by atoms with E-state index in [1.165, 1.54) is 30.3 Å². The normalized spacial score (nSPS) is 41.9. The molecule has 3 rings (SSSR count). The summed E-state index contributed by atoms with van der Waals surface area (Å²) < 4.78 is 0. The first kappa shape index (κ1) is 12.2. The van der Waals surface area contributed by atoms with Crippen molar-refractivity contribution in [2.75, 3.05) is 5.75 Å². The van der Waals surface area contributed by atoms with E-state index < -0.39 is 0 Å². The maximum absolute atomic E-state index is 11.1. The minimum atomic E-state index is 0.0263. The molecule has 1 heterocycles.